The molecule has 0 spiro atoms. The van der Waals surface area contributed by atoms with E-state index in [1.165, 1.54) is 0 Å². The molecule has 0 amide bonds. The van der Waals surface area contributed by atoms with Crippen LogP contribution in [-0.4, -0.2) is 43.8 Å². The highest BCUT2D eigenvalue weighted by molar-refractivity contribution is 4.93. The van der Waals surface area contributed by atoms with E-state index in [0.717, 1.165) is 26.2 Å². The van der Waals surface area contributed by atoms with E-state index in [2.05, 4.69) is 18.9 Å². The van der Waals surface area contributed by atoms with Crippen molar-refractivity contribution in [2.75, 3.05) is 33.4 Å². The zero-order chi connectivity index (χ0) is 8.32. The summed E-state index contributed by atoms with van der Waals surface area (Å²) < 4.78 is 5.35. The Hall–Kier alpha value is -0.120. The second-order valence-electron chi connectivity index (χ2n) is 3.25. The van der Waals surface area contributed by atoms with Gasteiger partial charge in [0, 0.05) is 13.2 Å². The van der Waals surface area contributed by atoms with E-state index < -0.39 is 0 Å². The first-order chi connectivity index (χ1) is 5.25. The highest BCUT2D eigenvalue weighted by Crippen LogP contribution is 2.23. The summed E-state index contributed by atoms with van der Waals surface area (Å²) in [5.41, 5.74) is 5.86. The normalized spacial score (nSPS) is 31.6. The third kappa shape index (κ3) is 1.55. The fourth-order valence-electron chi connectivity index (χ4n) is 1.55. The van der Waals surface area contributed by atoms with Gasteiger partial charge in [-0.05, 0) is 20.0 Å². The molecule has 0 radical (unpaired) electrons. The third-order valence-electron chi connectivity index (χ3n) is 2.75. The zero-order valence-corrected chi connectivity index (χ0v) is 7.47. The minimum Gasteiger partial charge on any atom is -0.379 e. The number of nitrogens with two attached hydrogens (primary N) is 1. The molecule has 1 unspecified atom stereocenters. The molecule has 0 bridgehead atoms. The molecule has 0 aromatic heterocycles. The summed E-state index contributed by atoms with van der Waals surface area (Å²) in [7, 11) is 2.11. The van der Waals surface area contributed by atoms with E-state index in [4.69, 9.17) is 10.5 Å². The smallest absolute Gasteiger partial charge is 0.0663 e. The van der Waals surface area contributed by atoms with Gasteiger partial charge in [0.2, 0.25) is 0 Å². The first-order valence-electron chi connectivity index (χ1n) is 4.24. The van der Waals surface area contributed by atoms with Crippen LogP contribution in [0.5, 0.6) is 0 Å². The molecule has 3 nitrogen and oxygen atoms in total. The summed E-state index contributed by atoms with van der Waals surface area (Å²) in [6.07, 6.45) is 1.08. The maximum absolute atomic E-state index is 5.72. The largest absolute Gasteiger partial charge is 0.379 e. The highest BCUT2D eigenvalue weighted by atomic mass is 16.5. The molecular formula is C8H18N2O. The Labute approximate surface area is 68.5 Å². The second-order valence-corrected chi connectivity index (χ2v) is 3.25. The lowest BCUT2D eigenvalue weighted by Crippen LogP contribution is -2.52. The van der Waals surface area contributed by atoms with E-state index in [0.29, 0.717) is 6.54 Å². The highest BCUT2D eigenvalue weighted by Gasteiger charge is 2.36. The molecule has 3 heteroatoms. The van der Waals surface area contributed by atoms with Gasteiger partial charge < -0.3 is 10.5 Å². The van der Waals surface area contributed by atoms with Crippen LogP contribution in [0.25, 0.3) is 0 Å². The fraction of sp³-hybridized carbons (Fsp3) is 1.00. The van der Waals surface area contributed by atoms with Crippen LogP contribution in [0.1, 0.15) is 13.3 Å². The van der Waals surface area contributed by atoms with Gasteiger partial charge in [-0.2, -0.15) is 0 Å². The van der Waals surface area contributed by atoms with Gasteiger partial charge in [0.05, 0.1) is 12.1 Å². The van der Waals surface area contributed by atoms with Gasteiger partial charge in [-0.3, -0.25) is 4.90 Å². The van der Waals surface area contributed by atoms with E-state index in [1.54, 1.807) is 0 Å². The topological polar surface area (TPSA) is 38.5 Å². The number of likely N-dealkylation sites (N-methyl/N-ethyl adjacent to an activating group) is 1. The maximum Gasteiger partial charge on any atom is 0.0663 e. The van der Waals surface area contributed by atoms with Gasteiger partial charge in [-0.15, -0.1) is 0 Å². The summed E-state index contributed by atoms with van der Waals surface area (Å²) in [5, 5.41) is 0. The molecule has 1 atom stereocenters. The molecule has 1 fully saturated rings. The Balaban J connectivity index is 2.58. The quantitative estimate of drug-likeness (QED) is 0.631. The molecule has 1 aliphatic heterocycles. The Morgan fingerprint density at radius 3 is 2.73 bits per heavy atom. The van der Waals surface area contributed by atoms with Crippen LogP contribution >= 0.6 is 0 Å². The number of ether oxygens (including phenoxy) is 1. The number of hydrogen-bond acceptors (Lipinski definition) is 3. The number of hydrogen-bond donors (Lipinski definition) is 1. The van der Waals surface area contributed by atoms with E-state index >= 15 is 0 Å². The molecule has 0 saturated carbocycles. The Morgan fingerprint density at radius 2 is 2.36 bits per heavy atom. The first kappa shape index (κ1) is 8.97. The first-order valence-corrected chi connectivity index (χ1v) is 4.24. The minimum atomic E-state index is 0.134. The lowest BCUT2D eigenvalue weighted by atomic mass is 9.97. The molecule has 0 aliphatic carbocycles. The monoisotopic (exact) mass is 158 g/mol. The average Bonchev–Trinajstić information content (AvgIpc) is 2.52. The van der Waals surface area contributed by atoms with Crippen LogP contribution in [0.15, 0.2) is 0 Å². The Kier molecular flexibility index (Phi) is 2.87. The van der Waals surface area contributed by atoms with Gasteiger partial charge in [0.1, 0.15) is 0 Å². The van der Waals surface area contributed by atoms with Crippen LogP contribution in [0, 0.1) is 0 Å². The van der Waals surface area contributed by atoms with Crippen LogP contribution in [0.4, 0.5) is 0 Å². The lowest BCUT2D eigenvalue weighted by molar-refractivity contribution is 0.0980. The van der Waals surface area contributed by atoms with Crippen LogP contribution in [0.3, 0.4) is 0 Å². The van der Waals surface area contributed by atoms with Gasteiger partial charge in [-0.25, -0.2) is 0 Å². The Morgan fingerprint density at radius 1 is 1.64 bits per heavy atom. The van der Waals surface area contributed by atoms with E-state index in [9.17, 15) is 0 Å². The molecule has 1 heterocycles. The zero-order valence-electron chi connectivity index (χ0n) is 7.47. The predicted molar refractivity (Wildman–Crippen MR) is 45.5 cm³/mol. The van der Waals surface area contributed by atoms with Crippen molar-refractivity contribution in [1.29, 1.82) is 0 Å². The molecule has 2 N–H and O–H groups in total. The standard InChI is InChI=1S/C8H18N2O/c1-3-10(2)8(6-9)4-5-11-7-8/h3-7,9H2,1-2H3. The van der Waals surface area contributed by atoms with Crippen LogP contribution in [0.2, 0.25) is 0 Å². The second kappa shape index (κ2) is 3.52. The maximum atomic E-state index is 5.72. The molecule has 1 saturated heterocycles. The molecule has 0 aromatic rings. The SMILES string of the molecule is CCN(C)C1(CN)CCOC1. The van der Waals surface area contributed by atoms with Crippen molar-refractivity contribution in [2.24, 2.45) is 5.73 Å². The van der Waals surface area contributed by atoms with Crippen molar-refractivity contribution in [1.82, 2.24) is 4.90 Å². The summed E-state index contributed by atoms with van der Waals surface area (Å²) in [4.78, 5) is 2.29. The summed E-state index contributed by atoms with van der Waals surface area (Å²) in [6.45, 7) is 5.56. The minimum absolute atomic E-state index is 0.134. The fourth-order valence-corrected chi connectivity index (χ4v) is 1.55. The lowest BCUT2D eigenvalue weighted by Gasteiger charge is -2.35. The van der Waals surface area contributed by atoms with Crippen molar-refractivity contribution >= 4 is 0 Å². The molecule has 1 rings (SSSR count). The van der Waals surface area contributed by atoms with Crippen molar-refractivity contribution in [3.63, 3.8) is 0 Å². The Bertz CT molecular complexity index is 121. The van der Waals surface area contributed by atoms with Gasteiger partial charge >= 0.3 is 0 Å². The number of rotatable bonds is 3. The van der Waals surface area contributed by atoms with E-state index in [-0.39, 0.29) is 5.54 Å². The summed E-state index contributed by atoms with van der Waals surface area (Å²) in [6, 6.07) is 0. The predicted octanol–water partition coefficient (Wildman–Crippen LogP) is 0.0559. The van der Waals surface area contributed by atoms with Gasteiger partial charge in [-0.1, -0.05) is 6.92 Å². The van der Waals surface area contributed by atoms with Crippen LogP contribution in [-0.2, 0) is 4.74 Å². The average molecular weight is 158 g/mol. The van der Waals surface area contributed by atoms with Crippen LogP contribution < -0.4 is 5.73 Å². The van der Waals surface area contributed by atoms with E-state index in [1.807, 2.05) is 0 Å². The number of nitrogens with zero attached hydrogens (tertiary/aromatic N) is 1. The molecule has 1 aliphatic rings. The summed E-state index contributed by atoms with van der Waals surface area (Å²) in [5.74, 6) is 0. The van der Waals surface area contributed by atoms with Crippen molar-refractivity contribution < 1.29 is 4.74 Å². The third-order valence-corrected chi connectivity index (χ3v) is 2.75. The van der Waals surface area contributed by atoms with Gasteiger partial charge in [0.25, 0.3) is 0 Å². The molecule has 66 valence electrons. The van der Waals surface area contributed by atoms with Crippen molar-refractivity contribution in [3.8, 4) is 0 Å². The van der Waals surface area contributed by atoms with Crippen molar-refractivity contribution in [3.05, 3.63) is 0 Å². The van der Waals surface area contributed by atoms with Gasteiger partial charge in [0.15, 0.2) is 0 Å². The van der Waals surface area contributed by atoms with Crippen molar-refractivity contribution in [2.45, 2.75) is 18.9 Å². The molecule has 11 heavy (non-hydrogen) atoms. The molecule has 0 aromatic carbocycles. The molecular weight excluding hydrogens is 140 g/mol. The summed E-state index contributed by atoms with van der Waals surface area (Å²) >= 11 is 0.